The quantitative estimate of drug-likeness (QED) is 0.620. The second-order valence-electron chi connectivity index (χ2n) is 5.40. The molecule has 0 amide bonds. The molecule has 1 aromatic carbocycles. The van der Waals surface area contributed by atoms with Gasteiger partial charge in [0.15, 0.2) is 6.10 Å². The third-order valence-electron chi connectivity index (χ3n) is 4.27. The van der Waals surface area contributed by atoms with Crippen molar-refractivity contribution in [2.24, 2.45) is 5.41 Å². The van der Waals surface area contributed by atoms with Crippen LogP contribution in [0.3, 0.4) is 0 Å². The maximum Gasteiger partial charge on any atom is 0.152 e. The minimum Gasteiger partial charge on any atom is -0.482 e. The Kier molecular flexibility index (Phi) is 2.11. The molecule has 1 heterocycles. The van der Waals surface area contributed by atoms with Crippen LogP contribution in [-0.4, -0.2) is 0 Å². The Balaban J connectivity index is 2.61. The van der Waals surface area contributed by atoms with E-state index in [1.807, 2.05) is 6.07 Å². The molecular weight excluding hydrogens is 184 g/mol. The highest BCUT2D eigenvalue weighted by molar-refractivity contribution is 5.44. The van der Waals surface area contributed by atoms with Gasteiger partial charge < -0.3 is 4.74 Å². The molecule has 1 aliphatic heterocycles. The number of ether oxygens (including phenoxy) is 1. The van der Waals surface area contributed by atoms with Crippen molar-refractivity contribution in [3.8, 4) is 5.75 Å². The highest BCUT2D eigenvalue weighted by Crippen LogP contribution is 2.54. The fourth-order valence-corrected chi connectivity index (χ4v) is 2.14. The van der Waals surface area contributed by atoms with Gasteiger partial charge in [-0.2, -0.15) is 0 Å². The molecular formula is C14H19O. The topological polar surface area (TPSA) is 9.23 Å². The van der Waals surface area contributed by atoms with Crippen LogP contribution >= 0.6 is 0 Å². The monoisotopic (exact) mass is 203 g/mol. The lowest BCUT2D eigenvalue weighted by Gasteiger charge is -2.49. The molecule has 2 rings (SSSR count). The Morgan fingerprint density at radius 3 is 2.20 bits per heavy atom. The number of para-hydroxylation sites is 1. The van der Waals surface area contributed by atoms with E-state index in [0.717, 1.165) is 11.9 Å². The SMILES string of the molecule is C[C]1Oc2ccccc2C(C)(C)C1(C)C. The van der Waals surface area contributed by atoms with E-state index >= 15 is 0 Å². The third-order valence-corrected chi connectivity index (χ3v) is 4.27. The van der Waals surface area contributed by atoms with Crippen LogP contribution in [0, 0.1) is 11.5 Å². The van der Waals surface area contributed by atoms with Crippen LogP contribution in [0.1, 0.15) is 40.2 Å². The second kappa shape index (κ2) is 3.01. The molecule has 1 radical (unpaired) electrons. The zero-order valence-electron chi connectivity index (χ0n) is 10.2. The van der Waals surface area contributed by atoms with Crippen LogP contribution in [0.2, 0.25) is 0 Å². The van der Waals surface area contributed by atoms with E-state index < -0.39 is 0 Å². The van der Waals surface area contributed by atoms with E-state index in [1.165, 1.54) is 5.56 Å². The van der Waals surface area contributed by atoms with Crippen LogP contribution in [0.4, 0.5) is 0 Å². The first-order valence-corrected chi connectivity index (χ1v) is 5.49. The Hall–Kier alpha value is -0.980. The lowest BCUT2D eigenvalue weighted by molar-refractivity contribution is 0.0841. The van der Waals surface area contributed by atoms with Gasteiger partial charge in [-0.15, -0.1) is 0 Å². The molecule has 15 heavy (non-hydrogen) atoms. The number of rotatable bonds is 0. The average Bonchev–Trinajstić information content (AvgIpc) is 2.16. The molecule has 0 bridgehead atoms. The van der Waals surface area contributed by atoms with Crippen molar-refractivity contribution in [3.05, 3.63) is 35.9 Å². The molecule has 0 aromatic heterocycles. The van der Waals surface area contributed by atoms with Crippen LogP contribution < -0.4 is 4.74 Å². The minimum absolute atomic E-state index is 0.0708. The molecule has 1 aromatic rings. The van der Waals surface area contributed by atoms with Gasteiger partial charge in [-0.05, 0) is 13.0 Å². The van der Waals surface area contributed by atoms with Crippen molar-refractivity contribution < 1.29 is 4.74 Å². The molecule has 0 aliphatic carbocycles. The first kappa shape index (κ1) is 10.5. The smallest absolute Gasteiger partial charge is 0.152 e. The molecule has 1 aliphatic rings. The van der Waals surface area contributed by atoms with Crippen molar-refractivity contribution in [1.82, 2.24) is 0 Å². The predicted molar refractivity (Wildman–Crippen MR) is 62.8 cm³/mol. The van der Waals surface area contributed by atoms with Crippen LogP contribution in [0.25, 0.3) is 0 Å². The molecule has 0 N–H and O–H groups in total. The standard InChI is InChI=1S/C14H19O/c1-10-13(2,3)14(4,5)11-8-6-7-9-12(11)15-10/h6-9H,1-5H3. The maximum atomic E-state index is 5.90. The Morgan fingerprint density at radius 1 is 0.933 bits per heavy atom. The van der Waals surface area contributed by atoms with Gasteiger partial charge >= 0.3 is 0 Å². The first-order chi connectivity index (χ1) is 6.87. The fraction of sp³-hybridized carbons (Fsp3) is 0.500. The molecule has 1 nitrogen and oxygen atoms in total. The Labute approximate surface area is 92.5 Å². The molecule has 0 unspecified atom stereocenters. The van der Waals surface area contributed by atoms with Gasteiger partial charge in [0.25, 0.3) is 0 Å². The molecule has 1 heteroatoms. The molecule has 0 spiro atoms. The molecule has 0 atom stereocenters. The summed E-state index contributed by atoms with van der Waals surface area (Å²) in [4.78, 5) is 0. The van der Waals surface area contributed by atoms with Crippen molar-refractivity contribution in [1.29, 1.82) is 0 Å². The summed E-state index contributed by atoms with van der Waals surface area (Å²) in [7, 11) is 0. The van der Waals surface area contributed by atoms with E-state index in [9.17, 15) is 0 Å². The van der Waals surface area contributed by atoms with Gasteiger partial charge in [-0.25, -0.2) is 0 Å². The summed E-state index contributed by atoms with van der Waals surface area (Å²) in [5.74, 6) is 1.01. The molecule has 81 valence electrons. The zero-order valence-corrected chi connectivity index (χ0v) is 10.2. The predicted octanol–water partition coefficient (Wildman–Crippen LogP) is 3.93. The van der Waals surface area contributed by atoms with Crippen molar-refractivity contribution in [3.63, 3.8) is 0 Å². The summed E-state index contributed by atoms with van der Waals surface area (Å²) in [5, 5.41) is 0. The van der Waals surface area contributed by atoms with E-state index in [2.05, 4.69) is 52.8 Å². The fourth-order valence-electron chi connectivity index (χ4n) is 2.14. The van der Waals surface area contributed by atoms with Gasteiger partial charge in [-0.3, -0.25) is 0 Å². The number of hydrogen-bond donors (Lipinski definition) is 0. The van der Waals surface area contributed by atoms with Gasteiger partial charge in [0.05, 0.1) is 0 Å². The lowest BCUT2D eigenvalue weighted by Crippen LogP contribution is -2.45. The normalized spacial score (nSPS) is 23.0. The lowest BCUT2D eigenvalue weighted by atomic mass is 9.60. The summed E-state index contributed by atoms with van der Waals surface area (Å²) >= 11 is 0. The third kappa shape index (κ3) is 1.29. The van der Waals surface area contributed by atoms with E-state index in [4.69, 9.17) is 4.74 Å². The summed E-state index contributed by atoms with van der Waals surface area (Å²) in [6.07, 6.45) is 1.10. The van der Waals surface area contributed by atoms with Gasteiger partial charge in [0.2, 0.25) is 0 Å². The van der Waals surface area contributed by atoms with Gasteiger partial charge in [0.1, 0.15) is 5.75 Å². The van der Waals surface area contributed by atoms with Crippen LogP contribution in [-0.2, 0) is 5.41 Å². The van der Waals surface area contributed by atoms with Crippen molar-refractivity contribution in [2.45, 2.75) is 40.0 Å². The largest absolute Gasteiger partial charge is 0.482 e. The van der Waals surface area contributed by atoms with Crippen LogP contribution in [0.5, 0.6) is 5.75 Å². The van der Waals surface area contributed by atoms with E-state index in [0.29, 0.717) is 0 Å². The van der Waals surface area contributed by atoms with Gasteiger partial charge in [-0.1, -0.05) is 45.9 Å². The summed E-state index contributed by atoms with van der Waals surface area (Å²) in [6, 6.07) is 8.33. The average molecular weight is 203 g/mol. The molecule has 0 saturated heterocycles. The summed E-state index contributed by atoms with van der Waals surface area (Å²) < 4.78 is 5.90. The molecule has 0 saturated carbocycles. The zero-order chi connectivity index (χ0) is 11.3. The Morgan fingerprint density at radius 2 is 1.53 bits per heavy atom. The van der Waals surface area contributed by atoms with E-state index in [1.54, 1.807) is 0 Å². The van der Waals surface area contributed by atoms with Crippen molar-refractivity contribution in [2.75, 3.05) is 0 Å². The number of benzene rings is 1. The number of fused-ring (bicyclic) bond motifs is 1. The van der Waals surface area contributed by atoms with E-state index in [-0.39, 0.29) is 10.8 Å². The Bertz CT molecular complexity index is 377. The summed E-state index contributed by atoms with van der Waals surface area (Å²) in [6.45, 7) is 11.2. The summed E-state index contributed by atoms with van der Waals surface area (Å²) in [5.41, 5.74) is 1.49. The highest BCUT2D eigenvalue weighted by atomic mass is 16.5. The minimum atomic E-state index is 0.0708. The number of hydrogen-bond acceptors (Lipinski definition) is 1. The molecule has 0 fully saturated rings. The van der Waals surface area contributed by atoms with Gasteiger partial charge in [0, 0.05) is 16.4 Å². The second-order valence-corrected chi connectivity index (χ2v) is 5.40. The first-order valence-electron chi connectivity index (χ1n) is 5.49. The highest BCUT2D eigenvalue weighted by Gasteiger charge is 2.49. The maximum absolute atomic E-state index is 5.90. The van der Waals surface area contributed by atoms with Crippen LogP contribution in [0.15, 0.2) is 24.3 Å². The van der Waals surface area contributed by atoms with Crippen molar-refractivity contribution >= 4 is 0 Å².